The lowest BCUT2D eigenvalue weighted by Crippen LogP contribution is -2.34. The van der Waals surface area contributed by atoms with E-state index in [1.54, 1.807) is 18.2 Å². The van der Waals surface area contributed by atoms with Gasteiger partial charge >= 0.3 is 0 Å². The minimum absolute atomic E-state index is 0.340. The average Bonchev–Trinajstić information content (AvgIpc) is 3.35. The zero-order valence-corrected chi connectivity index (χ0v) is 17.3. The van der Waals surface area contributed by atoms with Crippen molar-refractivity contribution in [3.63, 3.8) is 0 Å². The molecule has 2 aromatic carbocycles. The van der Waals surface area contributed by atoms with Crippen LogP contribution < -0.4 is 0 Å². The van der Waals surface area contributed by atoms with Crippen LogP contribution in [0.2, 0.25) is 0 Å². The molecule has 148 valence electrons. The first-order valence-electron chi connectivity index (χ1n) is 10.1. The first-order valence-corrected chi connectivity index (χ1v) is 11.6. The van der Waals surface area contributed by atoms with E-state index in [9.17, 15) is 8.42 Å². The summed E-state index contributed by atoms with van der Waals surface area (Å²) in [5, 5.41) is 1.99. The van der Waals surface area contributed by atoms with Crippen LogP contribution in [-0.2, 0) is 23.3 Å². The molecular formula is C23H23N3O2S. The highest BCUT2D eigenvalue weighted by Crippen LogP contribution is 2.47. The van der Waals surface area contributed by atoms with E-state index in [-0.39, 0.29) is 0 Å². The number of aromatic amines is 1. The van der Waals surface area contributed by atoms with Crippen molar-refractivity contribution < 1.29 is 8.42 Å². The molecule has 1 N–H and O–H groups in total. The van der Waals surface area contributed by atoms with Gasteiger partial charge in [-0.25, -0.2) is 8.42 Å². The van der Waals surface area contributed by atoms with Gasteiger partial charge in [0, 0.05) is 59.2 Å². The Morgan fingerprint density at radius 3 is 2.66 bits per heavy atom. The van der Waals surface area contributed by atoms with E-state index >= 15 is 0 Å². The first-order chi connectivity index (χ1) is 13.9. The molecule has 0 radical (unpaired) electrons. The fourth-order valence-electron chi connectivity index (χ4n) is 5.45. The van der Waals surface area contributed by atoms with Crippen LogP contribution in [0.5, 0.6) is 0 Å². The second kappa shape index (κ2) is 5.74. The van der Waals surface area contributed by atoms with Crippen molar-refractivity contribution in [2.24, 2.45) is 7.05 Å². The molecule has 2 aliphatic heterocycles. The van der Waals surface area contributed by atoms with Gasteiger partial charge in [-0.1, -0.05) is 0 Å². The molecule has 29 heavy (non-hydrogen) atoms. The average molecular weight is 406 g/mol. The number of nitrogens with one attached hydrogen (secondary N) is 1. The Labute approximate surface area is 169 Å². The van der Waals surface area contributed by atoms with Gasteiger partial charge < -0.3 is 9.55 Å². The summed E-state index contributed by atoms with van der Waals surface area (Å²) in [6.07, 6.45) is 5.23. The Morgan fingerprint density at radius 1 is 1.00 bits per heavy atom. The smallest absolute Gasteiger partial charge is 0.206 e. The van der Waals surface area contributed by atoms with E-state index in [1.807, 2.05) is 30.5 Å². The Balaban J connectivity index is 1.55. The maximum absolute atomic E-state index is 13.4. The van der Waals surface area contributed by atoms with Gasteiger partial charge in [0.25, 0.3) is 0 Å². The van der Waals surface area contributed by atoms with Gasteiger partial charge in [0.15, 0.2) is 0 Å². The van der Waals surface area contributed by atoms with Gasteiger partial charge in [-0.3, -0.25) is 4.90 Å². The number of hydrogen-bond acceptors (Lipinski definition) is 3. The summed E-state index contributed by atoms with van der Waals surface area (Å²) < 4.78 is 29.1. The van der Waals surface area contributed by atoms with Crippen LogP contribution in [0.25, 0.3) is 21.8 Å². The fraction of sp³-hybridized carbons (Fsp3) is 0.304. The van der Waals surface area contributed by atoms with Gasteiger partial charge in [-0.05, 0) is 67.9 Å². The summed E-state index contributed by atoms with van der Waals surface area (Å²) in [6, 6.07) is 13.8. The summed E-state index contributed by atoms with van der Waals surface area (Å²) in [6.45, 7) is 0. The number of fused-ring (bicyclic) bond motifs is 7. The molecule has 4 heterocycles. The van der Waals surface area contributed by atoms with Crippen molar-refractivity contribution in [3.8, 4) is 0 Å². The number of aryl methyl sites for hydroxylation is 1. The van der Waals surface area contributed by atoms with Crippen LogP contribution >= 0.6 is 0 Å². The molecule has 0 amide bonds. The molecule has 2 bridgehead atoms. The SMILES string of the molecule is CN1C2CCC1c1c(n(C)c3ccc(S(=O)(=O)c4ccc5[nH]ccc5c4)cc13)C2. The molecule has 2 aliphatic rings. The van der Waals surface area contributed by atoms with Crippen molar-refractivity contribution in [3.05, 3.63) is 59.9 Å². The van der Waals surface area contributed by atoms with Crippen molar-refractivity contribution in [2.75, 3.05) is 7.05 Å². The minimum atomic E-state index is -3.58. The van der Waals surface area contributed by atoms with E-state index in [0.717, 1.165) is 34.6 Å². The van der Waals surface area contributed by atoms with Crippen molar-refractivity contribution >= 4 is 31.6 Å². The molecule has 1 fully saturated rings. The van der Waals surface area contributed by atoms with Gasteiger partial charge in [-0.15, -0.1) is 0 Å². The molecule has 2 unspecified atom stereocenters. The van der Waals surface area contributed by atoms with Gasteiger partial charge in [0.1, 0.15) is 0 Å². The molecule has 2 atom stereocenters. The van der Waals surface area contributed by atoms with E-state index in [2.05, 4.69) is 28.5 Å². The lowest BCUT2D eigenvalue weighted by molar-refractivity contribution is 0.222. The van der Waals surface area contributed by atoms with Crippen LogP contribution in [0.4, 0.5) is 0 Å². The number of hydrogen-bond donors (Lipinski definition) is 1. The number of likely N-dealkylation sites (N-methyl/N-ethyl adjacent to an activating group) is 1. The standard InChI is InChI=1S/C23H23N3O2S/c1-25-15-3-7-21(25)23-18-13-17(5-8-20(18)26(2)22(23)12-15)29(27,28)16-4-6-19-14(11-16)9-10-24-19/h4-6,8-11,13,15,21,24H,3,7,12H2,1-2H3. The second-order valence-electron chi connectivity index (χ2n) is 8.45. The van der Waals surface area contributed by atoms with Crippen molar-refractivity contribution in [1.29, 1.82) is 0 Å². The molecular weight excluding hydrogens is 382 g/mol. The molecule has 0 aliphatic carbocycles. The highest BCUT2D eigenvalue weighted by molar-refractivity contribution is 7.91. The third-order valence-electron chi connectivity index (χ3n) is 7.08. The molecule has 1 saturated heterocycles. The van der Waals surface area contributed by atoms with Crippen molar-refractivity contribution in [1.82, 2.24) is 14.5 Å². The van der Waals surface area contributed by atoms with E-state index in [1.165, 1.54) is 17.7 Å². The lowest BCUT2D eigenvalue weighted by Gasteiger charge is -2.32. The molecule has 0 spiro atoms. The Hall–Kier alpha value is -2.57. The highest BCUT2D eigenvalue weighted by Gasteiger charge is 2.40. The van der Waals surface area contributed by atoms with E-state index in [0.29, 0.717) is 21.9 Å². The maximum atomic E-state index is 13.4. The quantitative estimate of drug-likeness (QED) is 0.544. The molecule has 6 rings (SSSR count). The van der Waals surface area contributed by atoms with Crippen LogP contribution in [0.15, 0.2) is 58.5 Å². The van der Waals surface area contributed by atoms with Crippen LogP contribution in [0.3, 0.4) is 0 Å². The molecule has 0 saturated carbocycles. The van der Waals surface area contributed by atoms with E-state index in [4.69, 9.17) is 0 Å². The Bertz CT molecular complexity index is 1400. The number of sulfone groups is 1. The number of nitrogens with zero attached hydrogens (tertiary/aromatic N) is 2. The summed E-state index contributed by atoms with van der Waals surface area (Å²) in [4.78, 5) is 6.30. The summed E-state index contributed by atoms with van der Waals surface area (Å²) in [5.74, 6) is 0. The number of aromatic nitrogens is 2. The van der Waals surface area contributed by atoms with Gasteiger partial charge in [-0.2, -0.15) is 0 Å². The zero-order chi connectivity index (χ0) is 19.9. The molecule has 6 heteroatoms. The predicted molar refractivity (Wildman–Crippen MR) is 114 cm³/mol. The Morgan fingerprint density at radius 2 is 1.79 bits per heavy atom. The molecule has 4 aromatic rings. The second-order valence-corrected chi connectivity index (χ2v) is 10.4. The predicted octanol–water partition coefficient (Wildman–Crippen LogP) is 4.18. The van der Waals surface area contributed by atoms with Gasteiger partial charge in [0.2, 0.25) is 9.84 Å². The Kier molecular flexibility index (Phi) is 3.42. The topological polar surface area (TPSA) is 58.1 Å². The van der Waals surface area contributed by atoms with Crippen molar-refractivity contribution in [2.45, 2.75) is 41.1 Å². The largest absolute Gasteiger partial charge is 0.361 e. The zero-order valence-electron chi connectivity index (χ0n) is 16.5. The van der Waals surface area contributed by atoms with Crippen LogP contribution in [0, 0.1) is 0 Å². The third kappa shape index (κ3) is 2.27. The summed E-state index contributed by atoms with van der Waals surface area (Å²) in [7, 11) is 0.735. The normalized spacial score (nSPS) is 21.9. The third-order valence-corrected chi connectivity index (χ3v) is 8.83. The minimum Gasteiger partial charge on any atom is -0.361 e. The van der Waals surface area contributed by atoms with Crippen LogP contribution in [0.1, 0.15) is 30.1 Å². The van der Waals surface area contributed by atoms with E-state index < -0.39 is 9.84 Å². The monoisotopic (exact) mass is 405 g/mol. The summed E-state index contributed by atoms with van der Waals surface area (Å²) >= 11 is 0. The summed E-state index contributed by atoms with van der Waals surface area (Å²) in [5.41, 5.74) is 4.76. The number of H-pyrrole nitrogens is 1. The number of rotatable bonds is 2. The lowest BCUT2D eigenvalue weighted by atomic mass is 9.97. The molecule has 5 nitrogen and oxygen atoms in total. The van der Waals surface area contributed by atoms with Crippen LogP contribution in [-0.4, -0.2) is 36.0 Å². The molecule has 2 aromatic heterocycles. The van der Waals surface area contributed by atoms with Gasteiger partial charge in [0.05, 0.1) is 9.79 Å². The maximum Gasteiger partial charge on any atom is 0.206 e. The number of benzene rings is 2. The first kappa shape index (κ1) is 17.3. The fourth-order valence-corrected chi connectivity index (χ4v) is 6.78. The highest BCUT2D eigenvalue weighted by atomic mass is 32.2.